The number of hydrogen-bond donors (Lipinski definition) is 2. The van der Waals surface area contributed by atoms with Gasteiger partial charge in [-0.15, -0.1) is 0 Å². The van der Waals surface area contributed by atoms with Crippen LogP contribution in [-0.4, -0.2) is 51.3 Å². The van der Waals surface area contributed by atoms with E-state index in [1.807, 2.05) is 25.8 Å². The summed E-state index contributed by atoms with van der Waals surface area (Å²) in [4.78, 5) is 2.03. The predicted octanol–water partition coefficient (Wildman–Crippen LogP) is 1.10. The molecule has 0 aromatic heterocycles. The highest BCUT2D eigenvalue weighted by Gasteiger charge is 2.20. The molecule has 0 aromatic carbocycles. The van der Waals surface area contributed by atoms with Gasteiger partial charge in [-0.25, -0.2) is 8.42 Å². The van der Waals surface area contributed by atoms with Gasteiger partial charge in [-0.05, 0) is 26.4 Å². The van der Waals surface area contributed by atoms with E-state index < -0.39 is 9.84 Å². The van der Waals surface area contributed by atoms with Gasteiger partial charge in [0, 0.05) is 18.2 Å². The molecule has 6 heteroatoms. The van der Waals surface area contributed by atoms with E-state index in [2.05, 4.69) is 0 Å². The topological polar surface area (TPSA) is 87.2 Å². The molecule has 0 atom stereocenters. The predicted molar refractivity (Wildman–Crippen MR) is 76.8 cm³/mol. The number of unbranched alkanes of at least 4 members (excludes halogenated alkanes) is 1. The maximum absolute atomic E-state index is 11.0. The van der Waals surface area contributed by atoms with E-state index in [1.54, 1.807) is 0 Å². The highest BCUT2D eigenvalue weighted by molar-refractivity contribution is 7.90. The van der Waals surface area contributed by atoms with Crippen molar-refractivity contribution in [3.8, 4) is 0 Å². The lowest BCUT2D eigenvalue weighted by Crippen LogP contribution is -2.31. The lowest BCUT2D eigenvalue weighted by Gasteiger charge is -2.23. The first-order valence-corrected chi connectivity index (χ1v) is 8.31. The van der Waals surface area contributed by atoms with Gasteiger partial charge in [0.05, 0.1) is 11.6 Å². The van der Waals surface area contributed by atoms with Gasteiger partial charge in [0.25, 0.3) is 0 Å². The second kappa shape index (κ2) is 7.09. The van der Waals surface area contributed by atoms with Gasteiger partial charge < -0.3 is 10.6 Å². The molecule has 0 aromatic rings. The Hall–Kier alpha value is -0.620. The minimum Gasteiger partial charge on any atom is -0.387 e. The molecule has 0 unspecified atom stereocenters. The number of nitrogens with two attached hydrogens (primary N) is 1. The van der Waals surface area contributed by atoms with E-state index in [0.29, 0.717) is 6.54 Å². The van der Waals surface area contributed by atoms with Gasteiger partial charge in [-0.2, -0.15) is 0 Å². The normalized spacial score (nSPS) is 12.9. The zero-order valence-corrected chi connectivity index (χ0v) is 12.8. The van der Waals surface area contributed by atoms with Gasteiger partial charge in [-0.3, -0.25) is 5.41 Å². The molecule has 18 heavy (non-hydrogen) atoms. The van der Waals surface area contributed by atoms with E-state index in [9.17, 15) is 8.42 Å². The minimum atomic E-state index is -2.87. The van der Waals surface area contributed by atoms with Crippen LogP contribution >= 0.6 is 0 Å². The summed E-state index contributed by atoms with van der Waals surface area (Å²) in [5.41, 5.74) is 5.28. The molecule has 0 aliphatic rings. The summed E-state index contributed by atoms with van der Waals surface area (Å²) in [6.45, 7) is 5.41. The van der Waals surface area contributed by atoms with Gasteiger partial charge >= 0.3 is 0 Å². The average molecular weight is 277 g/mol. The Morgan fingerprint density at radius 3 is 2.28 bits per heavy atom. The van der Waals surface area contributed by atoms with Crippen molar-refractivity contribution in [3.63, 3.8) is 0 Å². The SMILES string of the molecule is CN(CCCCC(C)(C)C(=N)N)CCS(C)(=O)=O. The monoisotopic (exact) mass is 277 g/mol. The third-order valence-electron chi connectivity index (χ3n) is 3.16. The molecule has 0 bridgehead atoms. The molecule has 0 aliphatic carbocycles. The highest BCUT2D eigenvalue weighted by atomic mass is 32.2. The second-order valence-electron chi connectivity index (χ2n) is 5.69. The van der Waals surface area contributed by atoms with Crippen LogP contribution in [-0.2, 0) is 9.84 Å². The summed E-state index contributed by atoms with van der Waals surface area (Å²) in [7, 11) is -0.939. The summed E-state index contributed by atoms with van der Waals surface area (Å²) in [6, 6.07) is 0. The van der Waals surface area contributed by atoms with Crippen LogP contribution in [0, 0.1) is 10.8 Å². The van der Waals surface area contributed by atoms with Crippen LogP contribution in [0.15, 0.2) is 0 Å². The second-order valence-corrected chi connectivity index (χ2v) is 7.95. The van der Waals surface area contributed by atoms with Crippen molar-refractivity contribution in [2.45, 2.75) is 33.1 Å². The zero-order chi connectivity index (χ0) is 14.4. The summed E-state index contributed by atoms with van der Waals surface area (Å²) in [5.74, 6) is 0.440. The number of hydrogen-bond acceptors (Lipinski definition) is 4. The number of nitrogens with one attached hydrogen (secondary N) is 1. The smallest absolute Gasteiger partial charge is 0.148 e. The molecule has 3 N–H and O–H groups in total. The van der Waals surface area contributed by atoms with Crippen molar-refractivity contribution < 1.29 is 8.42 Å². The Labute approximate surface area is 111 Å². The number of amidine groups is 1. The first kappa shape index (κ1) is 17.4. The molecule has 0 aliphatic heterocycles. The fourth-order valence-corrected chi connectivity index (χ4v) is 2.16. The molecule has 108 valence electrons. The standard InChI is InChI=1S/C12H27N3O2S/c1-12(2,11(13)14)7-5-6-8-15(3)9-10-18(4,16)17/h5-10H2,1-4H3,(H3,13,14). The van der Waals surface area contributed by atoms with Crippen LogP contribution in [0.5, 0.6) is 0 Å². The van der Waals surface area contributed by atoms with E-state index in [-0.39, 0.29) is 17.0 Å². The van der Waals surface area contributed by atoms with Crippen molar-refractivity contribution in [1.29, 1.82) is 5.41 Å². The van der Waals surface area contributed by atoms with Gasteiger partial charge in [0.15, 0.2) is 0 Å². The highest BCUT2D eigenvalue weighted by Crippen LogP contribution is 2.22. The largest absolute Gasteiger partial charge is 0.387 e. The Bertz CT molecular complexity index is 364. The van der Waals surface area contributed by atoms with Crippen LogP contribution in [0.1, 0.15) is 33.1 Å². The first-order valence-electron chi connectivity index (χ1n) is 6.25. The van der Waals surface area contributed by atoms with Crippen LogP contribution in [0.3, 0.4) is 0 Å². The summed E-state index contributed by atoms with van der Waals surface area (Å²) >= 11 is 0. The fraction of sp³-hybridized carbons (Fsp3) is 0.917. The minimum absolute atomic E-state index is 0.211. The van der Waals surface area contributed by atoms with Crippen LogP contribution in [0.2, 0.25) is 0 Å². The third kappa shape index (κ3) is 8.47. The Kier molecular flexibility index (Phi) is 6.84. The van der Waals surface area contributed by atoms with E-state index >= 15 is 0 Å². The van der Waals surface area contributed by atoms with Crippen LogP contribution in [0.25, 0.3) is 0 Å². The van der Waals surface area contributed by atoms with E-state index in [4.69, 9.17) is 11.1 Å². The van der Waals surface area contributed by atoms with Crippen molar-refractivity contribution in [3.05, 3.63) is 0 Å². The fourth-order valence-electron chi connectivity index (χ4n) is 1.52. The lowest BCUT2D eigenvalue weighted by atomic mass is 9.86. The Balaban J connectivity index is 3.76. The number of nitrogens with zero attached hydrogens (tertiary/aromatic N) is 1. The van der Waals surface area contributed by atoms with Gasteiger partial charge in [0.2, 0.25) is 0 Å². The molecular weight excluding hydrogens is 250 g/mol. The summed E-state index contributed by atoms with van der Waals surface area (Å²) in [6.07, 6.45) is 4.14. The van der Waals surface area contributed by atoms with Crippen molar-refractivity contribution in [1.82, 2.24) is 4.90 Å². The van der Waals surface area contributed by atoms with Crippen molar-refractivity contribution in [2.75, 3.05) is 32.1 Å². The molecule has 5 nitrogen and oxygen atoms in total. The quantitative estimate of drug-likeness (QED) is 0.375. The van der Waals surface area contributed by atoms with Gasteiger partial charge in [-0.1, -0.05) is 20.3 Å². The van der Waals surface area contributed by atoms with E-state index in [1.165, 1.54) is 6.26 Å². The maximum atomic E-state index is 11.0. The summed E-state index contributed by atoms with van der Waals surface area (Å²) < 4.78 is 22.0. The molecule has 0 rings (SSSR count). The molecular formula is C12H27N3O2S. The molecule has 0 saturated carbocycles. The Morgan fingerprint density at radius 2 is 1.83 bits per heavy atom. The molecule has 0 radical (unpaired) electrons. The molecule has 0 amide bonds. The molecule has 0 heterocycles. The van der Waals surface area contributed by atoms with Crippen LogP contribution < -0.4 is 5.73 Å². The Morgan fingerprint density at radius 1 is 1.28 bits per heavy atom. The molecule has 0 saturated heterocycles. The zero-order valence-electron chi connectivity index (χ0n) is 12.0. The number of sulfone groups is 1. The molecule has 0 fully saturated rings. The van der Waals surface area contributed by atoms with Crippen LogP contribution in [0.4, 0.5) is 0 Å². The first-order chi connectivity index (χ1) is 8.04. The third-order valence-corrected chi connectivity index (χ3v) is 4.09. The van der Waals surface area contributed by atoms with E-state index in [0.717, 1.165) is 25.8 Å². The lowest BCUT2D eigenvalue weighted by molar-refractivity contribution is 0.330. The van der Waals surface area contributed by atoms with Crippen molar-refractivity contribution in [2.24, 2.45) is 11.1 Å². The van der Waals surface area contributed by atoms with Crippen molar-refractivity contribution >= 4 is 15.7 Å². The summed E-state index contributed by atoms with van der Waals surface area (Å²) in [5, 5.41) is 7.45. The average Bonchev–Trinajstić information content (AvgIpc) is 2.20. The maximum Gasteiger partial charge on any atom is 0.148 e. The number of rotatable bonds is 9. The molecule has 0 spiro atoms. The van der Waals surface area contributed by atoms with Gasteiger partial charge in [0.1, 0.15) is 9.84 Å².